The van der Waals surface area contributed by atoms with Gasteiger partial charge in [0, 0.05) is 10.8 Å². The molecule has 18 heteroatoms. The van der Waals surface area contributed by atoms with E-state index < -0.39 is 91.6 Å². The van der Waals surface area contributed by atoms with E-state index in [0.717, 1.165) is 192 Å². The Bertz CT molecular complexity index is 4990. The van der Waals surface area contributed by atoms with E-state index in [1.807, 2.05) is 13.8 Å². The Labute approximate surface area is 835 Å². The predicted molar refractivity (Wildman–Crippen MR) is 542 cm³/mol. The molecule has 16 saturated carbocycles. The molecule has 0 radical (unpaired) electrons. The van der Waals surface area contributed by atoms with Gasteiger partial charge in [-0.25, -0.2) is 0 Å². The molecule has 0 aliphatic heterocycles. The Kier molecular flexibility index (Phi) is 25.6. The van der Waals surface area contributed by atoms with Crippen LogP contribution in [0.3, 0.4) is 0 Å². The summed E-state index contributed by atoms with van der Waals surface area (Å²) in [4.78, 5) is 76.4. The molecule has 11 N–H and O–H groups in total. The van der Waals surface area contributed by atoms with Crippen LogP contribution in [0.25, 0.3) is 0 Å². The first-order valence-corrected chi connectivity index (χ1v) is 56.1. The number of aldehydes is 1. The van der Waals surface area contributed by atoms with Crippen molar-refractivity contribution < 1.29 is 89.7 Å². The number of rotatable bonds is 8. The smallest absolute Gasteiger partial charge is 0.312 e. The summed E-state index contributed by atoms with van der Waals surface area (Å²) in [6.45, 7) is 56.0. The zero-order valence-corrected chi connectivity index (χ0v) is 91.0. The lowest BCUT2D eigenvalue weighted by Gasteiger charge is -2.71. The summed E-state index contributed by atoms with van der Waals surface area (Å²) in [7, 11) is 1.43. The van der Waals surface area contributed by atoms with Gasteiger partial charge in [0.05, 0.1) is 77.9 Å². The van der Waals surface area contributed by atoms with E-state index in [1.165, 1.54) is 42.2 Å². The maximum Gasteiger partial charge on any atom is 0.312 e. The molecule has 0 amide bonds. The molecule has 20 aliphatic carbocycles. The number of allylic oxidation sites excluding steroid dienone is 8. The van der Waals surface area contributed by atoms with Crippen molar-refractivity contribution in [1.29, 1.82) is 0 Å². The van der Waals surface area contributed by atoms with Crippen molar-refractivity contribution in [2.45, 2.75) is 447 Å². The molecule has 20 rings (SSSR count). The second kappa shape index (κ2) is 33.6. The van der Waals surface area contributed by atoms with Crippen LogP contribution in [-0.4, -0.2) is 143 Å². The number of aliphatic carboxylic acids is 4. The first-order chi connectivity index (χ1) is 64.1. The lowest BCUT2D eigenvalue weighted by Crippen LogP contribution is -2.67. The van der Waals surface area contributed by atoms with E-state index in [2.05, 4.69) is 177 Å². The van der Waals surface area contributed by atoms with Crippen molar-refractivity contribution in [3.8, 4) is 0 Å². The van der Waals surface area contributed by atoms with Crippen molar-refractivity contribution in [3.05, 3.63) is 46.6 Å². The molecule has 0 saturated heterocycles. The minimum atomic E-state index is -1.09. The predicted octanol–water partition coefficient (Wildman–Crippen LogP) is 24.2. The lowest BCUT2D eigenvalue weighted by atomic mass is 9.33. The molecule has 0 spiro atoms. The monoisotopic (exact) mass is 1930 g/mol. The minimum Gasteiger partial charge on any atom is -0.481 e. The Morgan fingerprint density at radius 1 is 0.309 bits per heavy atom. The number of aliphatic hydroxyl groups excluding tert-OH is 7. The molecule has 0 aromatic carbocycles. The van der Waals surface area contributed by atoms with E-state index in [4.69, 9.17) is 4.74 Å². The van der Waals surface area contributed by atoms with Gasteiger partial charge in [-0.2, -0.15) is 0 Å². The number of carboxylic acid groups (broad SMARTS) is 4. The number of carboxylic acids is 4. The summed E-state index contributed by atoms with van der Waals surface area (Å²) >= 11 is 0. The van der Waals surface area contributed by atoms with Crippen LogP contribution in [-0.2, 0) is 33.5 Å². The highest BCUT2D eigenvalue weighted by atomic mass is 16.5. The van der Waals surface area contributed by atoms with Gasteiger partial charge >= 0.3 is 29.8 Å². The summed E-state index contributed by atoms with van der Waals surface area (Å²) in [5, 5.41) is 118. The highest BCUT2D eigenvalue weighted by Crippen LogP contribution is 2.83. The number of ether oxygens (including phenoxy) is 1. The molecule has 782 valence electrons. The molecule has 20 aliphatic rings. The largest absolute Gasteiger partial charge is 0.481 e. The number of fused-ring (bicyclic) bond motifs is 28. The van der Waals surface area contributed by atoms with Crippen molar-refractivity contribution in [2.75, 3.05) is 20.3 Å². The highest BCUT2D eigenvalue weighted by Gasteiger charge is 2.78. The van der Waals surface area contributed by atoms with Crippen molar-refractivity contribution in [3.63, 3.8) is 0 Å². The summed E-state index contributed by atoms with van der Waals surface area (Å²) in [5.41, 5.74) is 0.757. The third-order valence-electron chi connectivity index (χ3n) is 52.9. The fourth-order valence-electron chi connectivity index (χ4n) is 42.8. The van der Waals surface area contributed by atoms with Crippen LogP contribution in [0.5, 0.6) is 0 Å². The SMILES string of the molecule is CC1(C)CC[C@@]2(C(=O)O)C(C1)C1=CCC3[C@@]4(C)CCC(O)[C@@](C)(C=O)C4CC[C@@]3(C)[C@]1(C)C[C@H]2O.CC1(C)CC[C@]2(C(=O)O)CC[C@]3(C)C(=CC[C@@H]4[C@@]5(C)CC[C@H](O)C(C)(C)[C@@H]5CC[C@]43C)[C@@H]2C1.CC1(C)CC[C@]2(C(=O)O)CC[C@]3(C)C(=CC[C@@H]4[C@@]5(C)CC[C@H](O)[C@@](C)(CO)[C@@H]5CC[C@]43C)[C@@H]2C1.COC(=O)[C@@]1(C)CC[C@]2(C(=O)O)CC[C@]3(C)C(=CCC4[C@@]5(C)CCC(O)[C@@](C)(CO)C5CC[C@]43C)C2C1. The Hall–Kier alpha value is -4.30. The molecule has 0 bridgehead atoms. The van der Waals surface area contributed by atoms with Crippen molar-refractivity contribution >= 4 is 36.1 Å². The third-order valence-corrected chi connectivity index (χ3v) is 52.9. The summed E-state index contributed by atoms with van der Waals surface area (Å²) in [6.07, 6.45) is 42.6. The normalized spacial score (nSPS) is 53.6. The molecule has 37 atom stereocenters. The van der Waals surface area contributed by atoms with Crippen LogP contribution >= 0.6 is 0 Å². The van der Waals surface area contributed by atoms with Gasteiger partial charge in [0.2, 0.25) is 0 Å². The highest BCUT2D eigenvalue weighted by molar-refractivity contribution is 5.81. The molecule has 0 aromatic rings. The zero-order valence-electron chi connectivity index (χ0n) is 91.0. The summed E-state index contributed by atoms with van der Waals surface area (Å²) < 4.78 is 5.20. The van der Waals surface area contributed by atoms with Crippen LogP contribution in [0, 0.1) is 201 Å². The number of methoxy groups -OCH3 is 1. The standard InChI is InChI=1S/C31H48O6.C30H46O5.C30H48O4.C30H48O3/c1-26(25(36)37-6)13-15-31(24(34)35)16-14-29(4)19(20(31)17-26)7-8-22-27(2)11-10-23(33)28(3,18-32)21(27)9-12-30(22,29)5;1-25(2)13-14-30(24(34)35)19(15-25)18-7-8-21-26(3)11-10-22(32)27(4,17-31)20(26)9-12-28(21,5)29(18,6)16-23(30)33;1-25(2)13-15-30(24(33)34)16-14-28(5)19(20(30)17-25)7-8-22-26(3)11-10-23(32)27(4,18-31)21(26)9-12-29(22,28)6;1-25(2)14-16-30(24(32)33)17-15-28(6)19(20(30)18-25)8-9-22-27(5)12-11-23(31)26(3,4)21(27)10-13-29(22,28)7/h7,20-23,32-33H,8-18H2,1-6H3,(H,34,35);7,17,19-23,32-33H,8-16H2,1-6H3,(H,34,35);7,20-23,31-32H,8-18H2,1-6H3,(H,33,34);8,20-23,31H,9-18H2,1-7H3,(H,32,33)/t20?,21?,22?,23?,26-,27-,28-,29+,30+,31-;19?,20?,21?,22?,23-,26+,27+,28-,29-,30-;20-,21+,22+,23-,26-,27-,28+,29+,30-;20-,21-,22+,23-,27-,28+,29+,30-/m0100/s1. The van der Waals surface area contributed by atoms with Crippen LogP contribution in [0.2, 0.25) is 0 Å². The Balaban J connectivity index is 0.000000128. The Morgan fingerprint density at radius 3 is 0.971 bits per heavy atom. The average Bonchev–Trinajstić information content (AvgIpc) is 0.689. The number of hydrogen-bond donors (Lipinski definition) is 11. The van der Waals surface area contributed by atoms with Crippen LogP contribution in [0.1, 0.15) is 417 Å². The van der Waals surface area contributed by atoms with Gasteiger partial charge in [0.15, 0.2) is 0 Å². The molecule has 8 unspecified atom stereocenters. The molecular formula is C121H190O18. The average molecular weight is 1930 g/mol. The number of carbonyl (C=O) groups excluding carboxylic acids is 2. The fourth-order valence-corrected chi connectivity index (χ4v) is 42.8. The molecular weight excluding hydrogens is 1740 g/mol. The second-order valence-corrected chi connectivity index (χ2v) is 59.5. The van der Waals surface area contributed by atoms with E-state index in [-0.39, 0.29) is 147 Å². The van der Waals surface area contributed by atoms with Crippen LogP contribution in [0.15, 0.2) is 46.6 Å². The van der Waals surface area contributed by atoms with Crippen molar-refractivity contribution in [2.24, 2.45) is 201 Å². The van der Waals surface area contributed by atoms with Gasteiger partial charge in [-0.05, 0) is 415 Å². The van der Waals surface area contributed by atoms with E-state index in [0.29, 0.717) is 86.9 Å². The first-order valence-electron chi connectivity index (χ1n) is 56.1. The molecule has 18 nitrogen and oxygen atoms in total. The second-order valence-electron chi connectivity index (χ2n) is 59.5. The summed E-state index contributed by atoms with van der Waals surface area (Å²) in [6, 6.07) is 0. The summed E-state index contributed by atoms with van der Waals surface area (Å²) in [5.74, 6) is 0.236. The first kappa shape index (κ1) is 106. The van der Waals surface area contributed by atoms with Gasteiger partial charge in [-0.1, -0.05) is 206 Å². The maximum atomic E-state index is 12.9. The van der Waals surface area contributed by atoms with Crippen molar-refractivity contribution in [1.82, 2.24) is 0 Å². The van der Waals surface area contributed by atoms with Gasteiger partial charge in [0.1, 0.15) is 11.7 Å². The molecule has 0 aromatic heterocycles. The van der Waals surface area contributed by atoms with E-state index >= 15 is 0 Å². The van der Waals surface area contributed by atoms with E-state index in [1.54, 1.807) is 0 Å². The topological polar surface area (TPSA) is 334 Å². The number of esters is 1. The van der Waals surface area contributed by atoms with Gasteiger partial charge < -0.3 is 65.7 Å². The van der Waals surface area contributed by atoms with Crippen LogP contribution in [0.4, 0.5) is 0 Å². The van der Waals surface area contributed by atoms with Crippen LogP contribution < -0.4 is 0 Å². The fraction of sp³-hybridized carbons (Fsp3) is 0.884. The lowest BCUT2D eigenvalue weighted by molar-refractivity contribution is -0.217. The quantitative estimate of drug-likeness (QED) is 0.0611. The molecule has 0 heterocycles. The van der Waals surface area contributed by atoms with Gasteiger partial charge in [-0.15, -0.1) is 0 Å². The van der Waals surface area contributed by atoms with E-state index in [9.17, 15) is 84.9 Å². The van der Waals surface area contributed by atoms with Gasteiger partial charge in [-0.3, -0.25) is 24.0 Å². The minimum absolute atomic E-state index is 0.00315. The number of carbonyl (C=O) groups is 6. The number of hydrogen-bond acceptors (Lipinski definition) is 14. The number of aliphatic hydroxyl groups is 7. The Morgan fingerprint density at radius 2 is 0.612 bits per heavy atom. The molecule has 16 fully saturated rings. The third kappa shape index (κ3) is 14.2. The van der Waals surface area contributed by atoms with Gasteiger partial charge in [0.25, 0.3) is 0 Å². The zero-order chi connectivity index (χ0) is 102. The maximum absolute atomic E-state index is 12.9. The molecule has 139 heavy (non-hydrogen) atoms.